The summed E-state index contributed by atoms with van der Waals surface area (Å²) >= 11 is 6.63. The van der Waals surface area contributed by atoms with Crippen molar-refractivity contribution in [3.05, 3.63) is 30.7 Å². The molecule has 0 radical (unpaired) electrons. The van der Waals surface area contributed by atoms with Crippen molar-refractivity contribution in [3.8, 4) is 5.82 Å². The third kappa shape index (κ3) is 4.22. The Kier molecular flexibility index (Phi) is 5.17. The molecule has 2 heterocycles. The molecule has 2 aromatic heterocycles. The van der Waals surface area contributed by atoms with Crippen molar-refractivity contribution in [2.24, 2.45) is 0 Å². The summed E-state index contributed by atoms with van der Waals surface area (Å²) in [5, 5.41) is 4.57. The Balaban J connectivity index is 1.94. The molecule has 8 heteroatoms. The van der Waals surface area contributed by atoms with Crippen LogP contribution in [0.1, 0.15) is 0 Å². The summed E-state index contributed by atoms with van der Waals surface area (Å²) in [4.78, 5) is 19.7. The van der Waals surface area contributed by atoms with Gasteiger partial charge in [-0.25, -0.2) is 14.6 Å². The fourth-order valence-corrected chi connectivity index (χ4v) is 1.95. The SMILES string of the molecule is O=C(CSc1nccc(-n2cccn2)n1)OCCCl. The van der Waals surface area contributed by atoms with Crippen molar-refractivity contribution in [3.63, 3.8) is 0 Å². The zero-order valence-corrected chi connectivity index (χ0v) is 11.5. The molecule has 0 N–H and O–H groups in total. The maximum absolute atomic E-state index is 11.3. The average molecular weight is 299 g/mol. The highest BCUT2D eigenvalue weighted by molar-refractivity contribution is 7.99. The zero-order chi connectivity index (χ0) is 13.5. The third-order valence-corrected chi connectivity index (χ3v) is 3.01. The second-order valence-electron chi connectivity index (χ2n) is 3.35. The van der Waals surface area contributed by atoms with Gasteiger partial charge in [-0.1, -0.05) is 11.8 Å². The lowest BCUT2D eigenvalue weighted by atomic mass is 10.6. The molecule has 0 aliphatic carbocycles. The molecule has 0 amide bonds. The van der Waals surface area contributed by atoms with Crippen LogP contribution in [0, 0.1) is 0 Å². The molecule has 0 bridgehead atoms. The predicted molar refractivity (Wildman–Crippen MR) is 71.6 cm³/mol. The van der Waals surface area contributed by atoms with Crippen molar-refractivity contribution in [2.75, 3.05) is 18.2 Å². The summed E-state index contributed by atoms with van der Waals surface area (Å²) in [7, 11) is 0. The van der Waals surface area contributed by atoms with Crippen molar-refractivity contribution in [1.29, 1.82) is 0 Å². The van der Waals surface area contributed by atoms with Crippen LogP contribution >= 0.6 is 23.4 Å². The van der Waals surface area contributed by atoms with Gasteiger partial charge in [0.15, 0.2) is 11.0 Å². The summed E-state index contributed by atoms with van der Waals surface area (Å²) in [5.74, 6) is 0.761. The van der Waals surface area contributed by atoms with E-state index in [-0.39, 0.29) is 18.3 Å². The topological polar surface area (TPSA) is 69.9 Å². The van der Waals surface area contributed by atoms with Crippen LogP contribution in [0.5, 0.6) is 0 Å². The Bertz CT molecular complexity index is 535. The first-order chi connectivity index (χ1) is 9.29. The molecular weight excluding hydrogens is 288 g/mol. The molecule has 0 unspecified atom stereocenters. The predicted octanol–water partition coefficient (Wildman–Crippen LogP) is 1.54. The van der Waals surface area contributed by atoms with Crippen LogP contribution in [0.3, 0.4) is 0 Å². The first-order valence-electron chi connectivity index (χ1n) is 5.47. The van der Waals surface area contributed by atoms with Crippen molar-refractivity contribution in [1.82, 2.24) is 19.7 Å². The van der Waals surface area contributed by atoms with Gasteiger partial charge in [0.25, 0.3) is 0 Å². The zero-order valence-electron chi connectivity index (χ0n) is 9.90. The number of hydrogen-bond acceptors (Lipinski definition) is 6. The van der Waals surface area contributed by atoms with Crippen LogP contribution in [0.2, 0.25) is 0 Å². The van der Waals surface area contributed by atoms with Crippen LogP contribution in [-0.2, 0) is 9.53 Å². The van der Waals surface area contributed by atoms with E-state index < -0.39 is 0 Å². The highest BCUT2D eigenvalue weighted by Gasteiger charge is 2.07. The lowest BCUT2D eigenvalue weighted by Gasteiger charge is -2.03. The summed E-state index contributed by atoms with van der Waals surface area (Å²) in [6, 6.07) is 3.54. The molecule has 0 spiro atoms. The van der Waals surface area contributed by atoms with Crippen LogP contribution in [-0.4, -0.2) is 44.0 Å². The summed E-state index contributed by atoms with van der Waals surface area (Å²) in [6.45, 7) is 0.217. The molecule has 2 rings (SSSR count). The second-order valence-corrected chi connectivity index (χ2v) is 4.67. The first kappa shape index (κ1) is 13.8. The number of thioether (sulfide) groups is 1. The number of hydrogen-bond donors (Lipinski definition) is 0. The van der Waals surface area contributed by atoms with E-state index in [4.69, 9.17) is 16.3 Å². The second kappa shape index (κ2) is 7.10. The minimum absolute atomic E-state index is 0.152. The normalized spacial score (nSPS) is 10.4. The summed E-state index contributed by atoms with van der Waals surface area (Å²) < 4.78 is 6.47. The Morgan fingerprint density at radius 1 is 1.47 bits per heavy atom. The molecule has 2 aromatic rings. The molecule has 0 aliphatic heterocycles. The summed E-state index contributed by atoms with van der Waals surface area (Å²) in [6.07, 6.45) is 5.07. The quantitative estimate of drug-likeness (QED) is 0.349. The number of aromatic nitrogens is 4. The number of nitrogens with zero attached hydrogens (tertiary/aromatic N) is 4. The van der Waals surface area contributed by atoms with Gasteiger partial charge in [-0.3, -0.25) is 4.79 Å². The standard InChI is InChI=1S/C11H11ClN4O2S/c12-3-7-18-10(17)8-19-11-13-5-2-9(15-11)16-6-1-4-14-16/h1-2,4-6H,3,7-8H2. The van der Waals surface area contributed by atoms with E-state index in [1.807, 2.05) is 0 Å². The van der Waals surface area contributed by atoms with Gasteiger partial charge >= 0.3 is 5.97 Å². The number of esters is 1. The van der Waals surface area contributed by atoms with Crippen LogP contribution in [0.4, 0.5) is 0 Å². The highest BCUT2D eigenvalue weighted by Crippen LogP contribution is 2.14. The van der Waals surface area contributed by atoms with E-state index >= 15 is 0 Å². The van der Waals surface area contributed by atoms with Crippen LogP contribution in [0.15, 0.2) is 35.9 Å². The van der Waals surface area contributed by atoms with Crippen molar-refractivity contribution < 1.29 is 9.53 Å². The van der Waals surface area contributed by atoms with Gasteiger partial charge in [0, 0.05) is 24.7 Å². The lowest BCUT2D eigenvalue weighted by Crippen LogP contribution is -2.09. The first-order valence-corrected chi connectivity index (χ1v) is 6.99. The maximum atomic E-state index is 11.3. The molecule has 19 heavy (non-hydrogen) atoms. The largest absolute Gasteiger partial charge is 0.464 e. The van der Waals surface area contributed by atoms with Gasteiger partial charge < -0.3 is 4.74 Å². The Hall–Kier alpha value is -1.60. The van der Waals surface area contributed by atoms with E-state index in [1.165, 1.54) is 11.8 Å². The minimum Gasteiger partial charge on any atom is -0.464 e. The average Bonchev–Trinajstić information content (AvgIpc) is 2.97. The molecule has 0 atom stereocenters. The van der Waals surface area contributed by atoms with E-state index in [2.05, 4.69) is 15.1 Å². The Labute approximate surface area is 119 Å². The molecule has 6 nitrogen and oxygen atoms in total. The fraction of sp³-hybridized carbons (Fsp3) is 0.273. The van der Waals surface area contributed by atoms with Crippen LogP contribution < -0.4 is 0 Å². The molecule has 0 saturated carbocycles. The molecule has 0 aliphatic rings. The third-order valence-electron chi connectivity index (χ3n) is 2.02. The van der Waals surface area contributed by atoms with Crippen molar-refractivity contribution in [2.45, 2.75) is 5.16 Å². The molecule has 0 aromatic carbocycles. The Morgan fingerprint density at radius 2 is 2.37 bits per heavy atom. The number of ether oxygens (including phenoxy) is 1. The molecule has 0 fully saturated rings. The minimum atomic E-state index is -0.334. The number of rotatable bonds is 6. The molecule has 0 saturated heterocycles. The highest BCUT2D eigenvalue weighted by atomic mass is 35.5. The van der Waals surface area contributed by atoms with Gasteiger partial charge in [0.05, 0.1) is 11.6 Å². The van der Waals surface area contributed by atoms with E-state index in [0.717, 1.165) is 0 Å². The van der Waals surface area contributed by atoms with Gasteiger partial charge in [-0.15, -0.1) is 11.6 Å². The van der Waals surface area contributed by atoms with Gasteiger partial charge in [0.2, 0.25) is 0 Å². The number of halogens is 1. The lowest BCUT2D eigenvalue weighted by molar-refractivity contribution is -0.139. The van der Waals surface area contributed by atoms with E-state index in [0.29, 0.717) is 16.9 Å². The Morgan fingerprint density at radius 3 is 3.11 bits per heavy atom. The summed E-state index contributed by atoms with van der Waals surface area (Å²) in [5.41, 5.74) is 0. The van der Waals surface area contributed by atoms with E-state index in [9.17, 15) is 4.79 Å². The van der Waals surface area contributed by atoms with E-state index in [1.54, 1.807) is 35.4 Å². The van der Waals surface area contributed by atoms with Gasteiger partial charge in [-0.05, 0) is 6.07 Å². The smallest absolute Gasteiger partial charge is 0.316 e. The van der Waals surface area contributed by atoms with Crippen LogP contribution in [0.25, 0.3) is 5.82 Å². The molecular formula is C11H11ClN4O2S. The van der Waals surface area contributed by atoms with Crippen molar-refractivity contribution >= 4 is 29.3 Å². The monoisotopic (exact) mass is 298 g/mol. The molecule has 100 valence electrons. The fourth-order valence-electron chi connectivity index (χ4n) is 1.25. The maximum Gasteiger partial charge on any atom is 0.316 e. The number of carbonyl (C=O) groups excluding carboxylic acids is 1. The number of alkyl halides is 1. The van der Waals surface area contributed by atoms with Gasteiger partial charge in [-0.2, -0.15) is 5.10 Å². The van der Waals surface area contributed by atoms with Gasteiger partial charge in [0.1, 0.15) is 6.61 Å². The number of carbonyl (C=O) groups is 1.